The molecule has 0 aliphatic carbocycles. The average Bonchev–Trinajstić information content (AvgIpc) is 3.08. The molecule has 1 aliphatic rings. The van der Waals surface area contributed by atoms with Crippen molar-refractivity contribution in [1.29, 1.82) is 0 Å². The number of rotatable bonds is 10. The Balaban J connectivity index is 2.02. The molecule has 1 atom stereocenters. The van der Waals surface area contributed by atoms with E-state index in [1.807, 2.05) is 37.3 Å². The van der Waals surface area contributed by atoms with E-state index in [0.717, 1.165) is 30.0 Å². The largest absolute Gasteiger partial charge is 0.507 e. The van der Waals surface area contributed by atoms with Gasteiger partial charge in [0, 0.05) is 18.7 Å². The third-order valence-electron chi connectivity index (χ3n) is 6.23. The van der Waals surface area contributed by atoms with Crippen molar-refractivity contribution in [1.82, 2.24) is 9.80 Å². The lowest BCUT2D eigenvalue weighted by atomic mass is 9.95. The van der Waals surface area contributed by atoms with Crippen LogP contribution in [0.25, 0.3) is 5.76 Å². The third-order valence-corrected chi connectivity index (χ3v) is 6.23. The van der Waals surface area contributed by atoms with Gasteiger partial charge in [0.1, 0.15) is 11.5 Å². The van der Waals surface area contributed by atoms with Gasteiger partial charge in [0.25, 0.3) is 11.7 Å². The van der Waals surface area contributed by atoms with Crippen molar-refractivity contribution in [3.63, 3.8) is 0 Å². The molecule has 0 spiro atoms. The number of ether oxygens (including phenoxy) is 1. The summed E-state index contributed by atoms with van der Waals surface area (Å²) in [5, 5.41) is 11.3. The summed E-state index contributed by atoms with van der Waals surface area (Å²) >= 11 is 0. The zero-order chi connectivity index (χ0) is 24.8. The Morgan fingerprint density at radius 3 is 2.35 bits per heavy atom. The molecule has 1 fully saturated rings. The molecule has 0 unspecified atom stereocenters. The van der Waals surface area contributed by atoms with Gasteiger partial charge in [-0.25, -0.2) is 0 Å². The van der Waals surface area contributed by atoms with Gasteiger partial charge >= 0.3 is 0 Å². The molecule has 1 amide bonds. The van der Waals surface area contributed by atoms with E-state index in [9.17, 15) is 14.7 Å². The molecule has 0 aromatic heterocycles. The van der Waals surface area contributed by atoms with E-state index in [0.29, 0.717) is 31.2 Å². The summed E-state index contributed by atoms with van der Waals surface area (Å²) in [6.45, 7) is 13.6. The third kappa shape index (κ3) is 5.50. The molecule has 0 bridgehead atoms. The average molecular weight is 465 g/mol. The van der Waals surface area contributed by atoms with E-state index >= 15 is 0 Å². The maximum Gasteiger partial charge on any atom is 0.295 e. The Morgan fingerprint density at radius 2 is 1.76 bits per heavy atom. The van der Waals surface area contributed by atoms with Gasteiger partial charge in [0.05, 0.1) is 18.2 Å². The minimum absolute atomic E-state index is 0.131. The molecule has 1 heterocycles. The quantitative estimate of drug-likeness (QED) is 0.311. The standard InChI is InChI=1S/C28H36N2O4/c1-6-29(7-2)15-16-30-25(21-11-9-8-10-12-21)24(27(32)28(30)33)26(31)22-13-14-23(20(5)17-22)34-18-19(3)4/h8-14,17,19,25,31H,6-7,15-16,18H2,1-5H3/b26-24+/t25-/m1/s1. The van der Waals surface area contributed by atoms with E-state index in [-0.39, 0.29) is 11.3 Å². The Morgan fingerprint density at radius 1 is 1.09 bits per heavy atom. The number of hydrogen-bond acceptors (Lipinski definition) is 5. The molecule has 182 valence electrons. The number of aliphatic hydroxyl groups is 1. The second-order valence-electron chi connectivity index (χ2n) is 9.12. The van der Waals surface area contributed by atoms with E-state index in [1.165, 1.54) is 0 Å². The number of likely N-dealkylation sites (N-methyl/N-ethyl adjacent to an activating group) is 1. The molecule has 2 aromatic rings. The van der Waals surface area contributed by atoms with Gasteiger partial charge in [-0.3, -0.25) is 9.59 Å². The highest BCUT2D eigenvalue weighted by Gasteiger charge is 2.45. The number of hydrogen-bond donors (Lipinski definition) is 1. The van der Waals surface area contributed by atoms with E-state index < -0.39 is 17.7 Å². The lowest BCUT2D eigenvalue weighted by Crippen LogP contribution is -2.38. The van der Waals surface area contributed by atoms with Crippen LogP contribution in [0.2, 0.25) is 0 Å². The molecular weight excluding hydrogens is 428 g/mol. The van der Waals surface area contributed by atoms with Gasteiger partial charge < -0.3 is 19.6 Å². The highest BCUT2D eigenvalue weighted by molar-refractivity contribution is 6.46. The van der Waals surface area contributed by atoms with Crippen LogP contribution in [0.4, 0.5) is 0 Å². The van der Waals surface area contributed by atoms with Crippen LogP contribution in [0.5, 0.6) is 5.75 Å². The van der Waals surface area contributed by atoms with E-state index in [1.54, 1.807) is 23.1 Å². The van der Waals surface area contributed by atoms with Crippen LogP contribution < -0.4 is 4.74 Å². The number of likely N-dealkylation sites (tertiary alicyclic amines) is 1. The summed E-state index contributed by atoms with van der Waals surface area (Å²) in [5.41, 5.74) is 2.29. The number of amides is 1. The highest BCUT2D eigenvalue weighted by Crippen LogP contribution is 2.39. The summed E-state index contributed by atoms with van der Waals surface area (Å²) in [6, 6.07) is 14.2. The fourth-order valence-electron chi connectivity index (χ4n) is 4.25. The zero-order valence-electron chi connectivity index (χ0n) is 20.9. The molecule has 6 heteroatoms. The maximum absolute atomic E-state index is 13.2. The molecule has 1 saturated heterocycles. The SMILES string of the molecule is CCN(CC)CCN1C(=O)C(=O)/C(=C(/O)c2ccc(OCC(C)C)c(C)c2)[C@H]1c1ccccc1. The van der Waals surface area contributed by atoms with Crippen molar-refractivity contribution < 1.29 is 19.4 Å². The number of carbonyl (C=O) groups is 2. The Bertz CT molecular complexity index is 1040. The Kier molecular flexibility index (Phi) is 8.51. The first kappa shape index (κ1) is 25.5. The molecule has 3 rings (SSSR count). The molecule has 1 aliphatic heterocycles. The monoisotopic (exact) mass is 464 g/mol. The summed E-state index contributed by atoms with van der Waals surface area (Å²) in [6.07, 6.45) is 0. The molecule has 2 aromatic carbocycles. The van der Waals surface area contributed by atoms with Gasteiger partial charge in [-0.2, -0.15) is 0 Å². The minimum Gasteiger partial charge on any atom is -0.507 e. The molecule has 6 nitrogen and oxygen atoms in total. The maximum atomic E-state index is 13.2. The van der Waals surface area contributed by atoms with Crippen LogP contribution in [0, 0.1) is 12.8 Å². The van der Waals surface area contributed by atoms with Gasteiger partial charge in [0.15, 0.2) is 0 Å². The normalized spacial score (nSPS) is 17.7. The Hall–Kier alpha value is -3.12. The number of benzene rings is 2. The fraction of sp³-hybridized carbons (Fsp3) is 0.429. The number of carbonyl (C=O) groups excluding carboxylic acids is 2. The van der Waals surface area contributed by atoms with Crippen molar-refractivity contribution in [2.75, 3.05) is 32.8 Å². The molecule has 34 heavy (non-hydrogen) atoms. The predicted octanol–water partition coefficient (Wildman–Crippen LogP) is 4.79. The first-order chi connectivity index (χ1) is 16.3. The Labute approximate surface area is 202 Å². The van der Waals surface area contributed by atoms with Crippen molar-refractivity contribution in [3.8, 4) is 5.75 Å². The van der Waals surface area contributed by atoms with Crippen LogP contribution >= 0.6 is 0 Å². The van der Waals surface area contributed by atoms with Crippen molar-refractivity contribution in [2.45, 2.75) is 40.7 Å². The molecule has 0 radical (unpaired) electrons. The van der Waals surface area contributed by atoms with Gasteiger partial charge in [-0.05, 0) is 55.3 Å². The van der Waals surface area contributed by atoms with Gasteiger partial charge in [-0.15, -0.1) is 0 Å². The number of Topliss-reactive ketones (excluding diaryl/α,β-unsaturated/α-hetero) is 1. The van der Waals surface area contributed by atoms with E-state index in [2.05, 4.69) is 32.6 Å². The zero-order valence-corrected chi connectivity index (χ0v) is 20.9. The number of ketones is 1. The first-order valence-electron chi connectivity index (χ1n) is 12.1. The van der Waals surface area contributed by atoms with Crippen LogP contribution in [0.1, 0.15) is 50.4 Å². The van der Waals surface area contributed by atoms with Gasteiger partial charge in [-0.1, -0.05) is 58.0 Å². The summed E-state index contributed by atoms with van der Waals surface area (Å²) < 4.78 is 5.85. The van der Waals surface area contributed by atoms with Crippen LogP contribution in [0.3, 0.4) is 0 Å². The highest BCUT2D eigenvalue weighted by atomic mass is 16.5. The second-order valence-corrected chi connectivity index (χ2v) is 9.12. The lowest BCUT2D eigenvalue weighted by Gasteiger charge is -2.28. The topological polar surface area (TPSA) is 70.1 Å². The van der Waals surface area contributed by atoms with Crippen LogP contribution in [-0.2, 0) is 9.59 Å². The van der Waals surface area contributed by atoms with Crippen molar-refractivity contribution in [3.05, 3.63) is 70.8 Å². The molecule has 1 N–H and O–H groups in total. The molecule has 0 saturated carbocycles. The van der Waals surface area contributed by atoms with Crippen LogP contribution in [-0.4, -0.2) is 59.4 Å². The predicted molar refractivity (Wildman–Crippen MR) is 135 cm³/mol. The first-order valence-corrected chi connectivity index (χ1v) is 12.1. The number of aryl methyl sites for hydroxylation is 1. The lowest BCUT2D eigenvalue weighted by molar-refractivity contribution is -0.140. The van der Waals surface area contributed by atoms with Crippen LogP contribution in [0.15, 0.2) is 54.1 Å². The minimum atomic E-state index is -0.649. The second kappa shape index (κ2) is 11.3. The van der Waals surface area contributed by atoms with E-state index in [4.69, 9.17) is 4.74 Å². The smallest absolute Gasteiger partial charge is 0.295 e. The summed E-state index contributed by atoms with van der Waals surface area (Å²) in [7, 11) is 0. The number of nitrogens with zero attached hydrogens (tertiary/aromatic N) is 2. The fourth-order valence-corrected chi connectivity index (χ4v) is 4.25. The van der Waals surface area contributed by atoms with Crippen molar-refractivity contribution in [2.24, 2.45) is 5.92 Å². The van der Waals surface area contributed by atoms with Gasteiger partial charge in [0.2, 0.25) is 0 Å². The molecular formula is C28H36N2O4. The summed E-state index contributed by atoms with van der Waals surface area (Å²) in [4.78, 5) is 30.1. The summed E-state index contributed by atoms with van der Waals surface area (Å²) in [5.74, 6) is -0.244. The number of aliphatic hydroxyl groups excluding tert-OH is 1. The van der Waals surface area contributed by atoms with Crippen molar-refractivity contribution >= 4 is 17.4 Å².